The van der Waals surface area contributed by atoms with Crippen LogP contribution in [0.1, 0.15) is 39.7 Å². The van der Waals surface area contributed by atoms with Gasteiger partial charge < -0.3 is 39.0 Å². The lowest BCUT2D eigenvalue weighted by atomic mass is 9.52. The van der Waals surface area contributed by atoms with Crippen LogP contribution in [0.25, 0.3) is 0 Å². The normalized spacial score (nSPS) is 54.4. The van der Waals surface area contributed by atoms with Crippen LogP contribution < -0.4 is 0 Å². The summed E-state index contributed by atoms with van der Waals surface area (Å²) >= 11 is 0. The summed E-state index contributed by atoms with van der Waals surface area (Å²) in [6.45, 7) is 10.2. The highest BCUT2D eigenvalue weighted by Gasteiger charge is 2.91. The van der Waals surface area contributed by atoms with Crippen molar-refractivity contribution in [2.75, 3.05) is 6.61 Å². The number of carbonyl (C=O) groups excluding carboxylic acids is 2. The first kappa shape index (κ1) is 25.8. The molecule has 3 heterocycles. The Morgan fingerprint density at radius 1 is 1.13 bits per heavy atom. The van der Waals surface area contributed by atoms with Gasteiger partial charge in [0.1, 0.15) is 30.0 Å². The van der Waals surface area contributed by atoms with Gasteiger partial charge in [0.15, 0.2) is 17.0 Å². The Labute approximate surface area is 225 Å². The second-order valence-electron chi connectivity index (χ2n) is 12.4. The van der Waals surface area contributed by atoms with Gasteiger partial charge >= 0.3 is 11.9 Å². The topological polar surface area (TPSA) is 144 Å². The van der Waals surface area contributed by atoms with Crippen LogP contribution in [0.5, 0.6) is 0 Å². The van der Waals surface area contributed by atoms with E-state index in [1.165, 1.54) is 6.92 Å². The van der Waals surface area contributed by atoms with Gasteiger partial charge in [-0.3, -0.25) is 9.59 Å². The Balaban J connectivity index is 1.55. The van der Waals surface area contributed by atoms with E-state index in [9.17, 15) is 24.9 Å². The van der Waals surface area contributed by atoms with Crippen LogP contribution in [0, 0.1) is 23.7 Å². The third-order valence-electron chi connectivity index (χ3n) is 10.6. The lowest BCUT2D eigenvalue weighted by molar-refractivity contribution is -0.443. The molecule has 0 radical (unpaired) electrons. The summed E-state index contributed by atoms with van der Waals surface area (Å²) in [5, 5.41) is 34.5. The monoisotopic (exact) mass is 542 g/mol. The van der Waals surface area contributed by atoms with Crippen LogP contribution in [0.3, 0.4) is 0 Å². The van der Waals surface area contributed by atoms with Crippen molar-refractivity contribution in [2.24, 2.45) is 23.7 Å². The number of carbonyl (C=O) groups is 2. The zero-order valence-electron chi connectivity index (χ0n) is 22.3. The second-order valence-corrected chi connectivity index (χ2v) is 12.4. The van der Waals surface area contributed by atoms with E-state index in [0.29, 0.717) is 11.1 Å². The minimum atomic E-state index is -2.29. The smallest absolute Gasteiger partial charge is 0.314 e. The number of ether oxygens (including phenoxy) is 5. The first-order valence-electron chi connectivity index (χ1n) is 13.6. The molecule has 1 aromatic carbocycles. The number of esters is 1. The first-order valence-corrected chi connectivity index (χ1v) is 13.6. The Morgan fingerprint density at radius 3 is 2.44 bits per heavy atom. The lowest BCUT2D eigenvalue weighted by Gasteiger charge is -2.61. The first-order chi connectivity index (χ1) is 18.4. The number of hydrogen-bond donors (Lipinski definition) is 3. The summed E-state index contributed by atoms with van der Waals surface area (Å²) in [4.78, 5) is 26.2. The van der Waals surface area contributed by atoms with Crippen LogP contribution in [0.4, 0.5) is 0 Å². The molecule has 6 fully saturated rings. The van der Waals surface area contributed by atoms with Gasteiger partial charge in [0.2, 0.25) is 0 Å². The number of epoxide rings is 1. The maximum Gasteiger partial charge on any atom is 0.314 e. The summed E-state index contributed by atoms with van der Waals surface area (Å²) in [5.74, 6) is -5.81. The summed E-state index contributed by atoms with van der Waals surface area (Å²) in [6.07, 6.45) is -4.18. The highest BCUT2D eigenvalue weighted by Crippen LogP contribution is 2.74. The van der Waals surface area contributed by atoms with Gasteiger partial charge in [-0.25, -0.2) is 0 Å². The number of benzene rings is 1. The predicted molar refractivity (Wildman–Crippen MR) is 132 cm³/mol. The van der Waals surface area contributed by atoms with Crippen molar-refractivity contribution < 1.29 is 48.6 Å². The third kappa shape index (κ3) is 2.63. The van der Waals surface area contributed by atoms with Crippen LogP contribution in [0.2, 0.25) is 0 Å². The summed E-state index contributed by atoms with van der Waals surface area (Å²) in [5.41, 5.74) is -5.63. The largest absolute Gasteiger partial charge is 0.459 e. The Kier molecular flexibility index (Phi) is 4.99. The van der Waals surface area contributed by atoms with Crippen LogP contribution >= 0.6 is 0 Å². The van der Waals surface area contributed by atoms with Crippen molar-refractivity contribution in [3.05, 3.63) is 48.0 Å². The molecule has 1 aromatic rings. The minimum absolute atomic E-state index is 0.200. The van der Waals surface area contributed by atoms with Crippen molar-refractivity contribution in [2.45, 2.75) is 86.9 Å². The molecular formula is C29H34O10. The molecule has 0 unspecified atom stereocenters. The van der Waals surface area contributed by atoms with E-state index in [4.69, 9.17) is 23.7 Å². The molecule has 39 heavy (non-hydrogen) atoms. The number of aliphatic hydroxyl groups excluding tert-OH is 2. The highest BCUT2D eigenvalue weighted by atomic mass is 16.9. The molecule has 3 bridgehead atoms. The molecule has 7 rings (SSSR count). The molecule has 3 N–H and O–H groups in total. The van der Waals surface area contributed by atoms with Gasteiger partial charge in [-0.05, 0) is 18.9 Å². The molecule has 10 heteroatoms. The molecule has 3 saturated heterocycles. The van der Waals surface area contributed by atoms with Crippen molar-refractivity contribution in [3.8, 4) is 0 Å². The van der Waals surface area contributed by atoms with E-state index in [1.54, 1.807) is 26.0 Å². The van der Waals surface area contributed by atoms with Gasteiger partial charge in [-0.2, -0.15) is 0 Å². The third-order valence-corrected chi connectivity index (χ3v) is 10.6. The SMILES string of the molecule is C=C(C)[C@@]12O[C@@]3(c4ccccc4)O[C@@H]1[C@@H]1[C@@H]4O[C@]4(CO)[C@@H](O)[C@]4(O)C(=O)[C@@H](C)C[C@H]4[C@@]1(O3)[C@H](C)[C@H]2OC(C)=O. The summed E-state index contributed by atoms with van der Waals surface area (Å²) in [6, 6.07) is 9.06. The second kappa shape index (κ2) is 7.55. The summed E-state index contributed by atoms with van der Waals surface area (Å²) in [7, 11) is 0. The van der Waals surface area contributed by atoms with E-state index in [0.717, 1.165) is 0 Å². The van der Waals surface area contributed by atoms with E-state index >= 15 is 0 Å². The highest BCUT2D eigenvalue weighted by molar-refractivity contribution is 5.93. The molecule has 13 atom stereocenters. The van der Waals surface area contributed by atoms with E-state index in [1.807, 2.05) is 25.1 Å². The van der Waals surface area contributed by atoms with Crippen molar-refractivity contribution >= 4 is 11.8 Å². The quantitative estimate of drug-likeness (QED) is 0.286. The van der Waals surface area contributed by atoms with Crippen LogP contribution in [0.15, 0.2) is 42.5 Å². The molecule has 0 spiro atoms. The zero-order valence-corrected chi connectivity index (χ0v) is 22.3. The van der Waals surface area contributed by atoms with E-state index < -0.39 is 94.8 Å². The molecular weight excluding hydrogens is 508 g/mol. The Hall–Kier alpha value is -2.18. The van der Waals surface area contributed by atoms with Crippen LogP contribution in [-0.2, 0) is 39.2 Å². The average molecular weight is 543 g/mol. The number of ketones is 1. The number of rotatable bonds is 4. The fraction of sp³-hybridized carbons (Fsp3) is 0.655. The van der Waals surface area contributed by atoms with Crippen molar-refractivity contribution in [1.29, 1.82) is 0 Å². The standard InChI is InChI=1S/C29H34O10/c1-13(2)27-21(35-16(5)31)15(4)28-18-11-14(3)20(32)26(18,34)24(33)25(12-30)22(36-25)19(28)23(27)37-29(38-27,39-28)17-9-7-6-8-10-17/h6-10,14-15,18-19,21-24,30,33-34H,1,11-12H2,2-5H3/t14-,15+,18+,19-,21+,22-,23+,24+,25-,26+,27-,28-,29+/m0/s1. The van der Waals surface area contributed by atoms with Crippen molar-refractivity contribution in [3.63, 3.8) is 0 Å². The van der Waals surface area contributed by atoms with Crippen molar-refractivity contribution in [1.82, 2.24) is 0 Å². The molecule has 6 aliphatic rings. The molecule has 3 aliphatic carbocycles. The number of fused-ring (bicyclic) bond motifs is 3. The maximum atomic E-state index is 13.7. The van der Waals surface area contributed by atoms with Crippen LogP contribution in [-0.4, -0.2) is 80.5 Å². The van der Waals surface area contributed by atoms with Gasteiger partial charge in [0, 0.05) is 36.2 Å². The molecule has 210 valence electrons. The lowest BCUT2D eigenvalue weighted by Crippen LogP contribution is -2.76. The average Bonchev–Trinajstić information content (AvgIpc) is 3.53. The van der Waals surface area contributed by atoms with Gasteiger partial charge in [-0.15, -0.1) is 0 Å². The molecule has 10 nitrogen and oxygen atoms in total. The number of Topliss-reactive ketones (excluding diaryl/α,β-unsaturated/α-hetero) is 1. The fourth-order valence-electron chi connectivity index (χ4n) is 8.94. The van der Waals surface area contributed by atoms with Gasteiger partial charge in [-0.1, -0.05) is 50.8 Å². The number of aliphatic hydroxyl groups is 3. The Morgan fingerprint density at radius 2 is 1.82 bits per heavy atom. The fourth-order valence-corrected chi connectivity index (χ4v) is 8.94. The summed E-state index contributed by atoms with van der Waals surface area (Å²) < 4.78 is 32.7. The van der Waals surface area contributed by atoms with E-state index in [-0.39, 0.29) is 6.42 Å². The minimum Gasteiger partial charge on any atom is -0.459 e. The molecule has 3 saturated carbocycles. The zero-order chi connectivity index (χ0) is 27.9. The molecule has 0 aromatic heterocycles. The number of hydrogen-bond acceptors (Lipinski definition) is 10. The van der Waals surface area contributed by atoms with Gasteiger partial charge in [0.25, 0.3) is 0 Å². The molecule has 0 amide bonds. The van der Waals surface area contributed by atoms with Gasteiger partial charge in [0.05, 0.1) is 12.2 Å². The van der Waals surface area contributed by atoms with E-state index in [2.05, 4.69) is 6.58 Å². The maximum absolute atomic E-state index is 13.7. The molecule has 3 aliphatic heterocycles. The Bertz CT molecular complexity index is 1280. The predicted octanol–water partition coefficient (Wildman–Crippen LogP) is 0.954.